The van der Waals surface area contributed by atoms with Crippen molar-refractivity contribution in [1.29, 1.82) is 0 Å². The number of hydrogen-bond acceptors (Lipinski definition) is 6. The zero-order valence-electron chi connectivity index (χ0n) is 15.3. The van der Waals surface area contributed by atoms with E-state index in [0.29, 0.717) is 11.1 Å². The standard InChI is InChI=1S/C21H22O6/c1-3-24-19(22)21(20(23)25-4-2)17(15-11-7-5-8-12-15)26-18(27-21)16-13-9-6-10-14-16/h5-14,17-18H,3-4H2,1-2H3/t17-,18-/m1/s1. The number of carbonyl (C=O) groups is 2. The van der Waals surface area contributed by atoms with E-state index in [2.05, 4.69) is 0 Å². The zero-order chi connectivity index (χ0) is 19.3. The summed E-state index contributed by atoms with van der Waals surface area (Å²) in [4.78, 5) is 25.8. The number of esters is 2. The molecule has 0 spiro atoms. The van der Waals surface area contributed by atoms with Crippen LogP contribution in [-0.2, 0) is 28.5 Å². The van der Waals surface area contributed by atoms with Crippen molar-refractivity contribution in [3.63, 3.8) is 0 Å². The Morgan fingerprint density at radius 1 is 0.852 bits per heavy atom. The minimum absolute atomic E-state index is 0.0981. The molecule has 0 aromatic heterocycles. The van der Waals surface area contributed by atoms with Crippen LogP contribution in [0.25, 0.3) is 0 Å². The fraction of sp³-hybridized carbons (Fsp3) is 0.333. The number of carbonyl (C=O) groups excluding carboxylic acids is 2. The molecule has 1 aliphatic rings. The van der Waals surface area contributed by atoms with E-state index >= 15 is 0 Å². The molecule has 1 aliphatic heterocycles. The van der Waals surface area contributed by atoms with Crippen LogP contribution in [0, 0.1) is 0 Å². The predicted octanol–water partition coefficient (Wildman–Crippen LogP) is 3.34. The highest BCUT2D eigenvalue weighted by molar-refractivity contribution is 6.05. The Bertz CT molecular complexity index is 756. The van der Waals surface area contributed by atoms with Gasteiger partial charge in [-0.25, -0.2) is 9.59 Å². The lowest BCUT2D eigenvalue weighted by Crippen LogP contribution is -2.52. The van der Waals surface area contributed by atoms with E-state index in [9.17, 15) is 9.59 Å². The molecule has 1 saturated heterocycles. The van der Waals surface area contributed by atoms with Gasteiger partial charge in [0.25, 0.3) is 5.60 Å². The van der Waals surface area contributed by atoms with Gasteiger partial charge in [-0.1, -0.05) is 60.7 Å². The highest BCUT2D eigenvalue weighted by Gasteiger charge is 2.64. The van der Waals surface area contributed by atoms with Crippen LogP contribution in [0.1, 0.15) is 37.4 Å². The van der Waals surface area contributed by atoms with Crippen molar-refractivity contribution in [2.45, 2.75) is 31.8 Å². The molecule has 0 amide bonds. The van der Waals surface area contributed by atoms with Gasteiger partial charge in [-0.3, -0.25) is 0 Å². The number of rotatable bonds is 6. The molecule has 2 atom stereocenters. The topological polar surface area (TPSA) is 71.1 Å². The summed E-state index contributed by atoms with van der Waals surface area (Å²) in [5.74, 6) is -1.65. The summed E-state index contributed by atoms with van der Waals surface area (Å²) < 4.78 is 22.4. The summed E-state index contributed by atoms with van der Waals surface area (Å²) >= 11 is 0. The van der Waals surface area contributed by atoms with Crippen molar-refractivity contribution in [3.05, 3.63) is 71.8 Å². The SMILES string of the molecule is CCOC(=O)C1(C(=O)OCC)O[C@H](c2ccccc2)O[C@@H]1c1ccccc1. The fourth-order valence-electron chi connectivity index (χ4n) is 3.05. The molecule has 0 radical (unpaired) electrons. The van der Waals surface area contributed by atoms with Crippen LogP contribution in [0.3, 0.4) is 0 Å². The van der Waals surface area contributed by atoms with E-state index in [1.807, 2.05) is 24.3 Å². The average Bonchev–Trinajstić information content (AvgIpc) is 3.12. The minimum Gasteiger partial charge on any atom is -0.463 e. The van der Waals surface area contributed by atoms with Crippen molar-refractivity contribution in [2.24, 2.45) is 0 Å². The summed E-state index contributed by atoms with van der Waals surface area (Å²) in [6.45, 7) is 3.53. The smallest absolute Gasteiger partial charge is 0.353 e. The molecule has 27 heavy (non-hydrogen) atoms. The molecule has 1 heterocycles. The largest absolute Gasteiger partial charge is 0.463 e. The van der Waals surface area contributed by atoms with E-state index in [0.717, 1.165) is 0 Å². The lowest BCUT2D eigenvalue weighted by Gasteiger charge is -2.28. The molecule has 3 rings (SSSR count). The molecule has 1 fully saturated rings. The second-order valence-corrected chi connectivity index (χ2v) is 5.96. The van der Waals surface area contributed by atoms with Crippen molar-refractivity contribution in [1.82, 2.24) is 0 Å². The second kappa shape index (κ2) is 8.33. The second-order valence-electron chi connectivity index (χ2n) is 5.96. The molecular formula is C21H22O6. The van der Waals surface area contributed by atoms with Gasteiger partial charge in [0, 0.05) is 5.56 Å². The van der Waals surface area contributed by atoms with Crippen LogP contribution in [0.15, 0.2) is 60.7 Å². The maximum absolute atomic E-state index is 12.9. The van der Waals surface area contributed by atoms with E-state index in [4.69, 9.17) is 18.9 Å². The summed E-state index contributed by atoms with van der Waals surface area (Å²) in [5.41, 5.74) is -0.723. The lowest BCUT2D eigenvalue weighted by atomic mass is 9.91. The van der Waals surface area contributed by atoms with Crippen LogP contribution in [0.4, 0.5) is 0 Å². The van der Waals surface area contributed by atoms with Gasteiger partial charge in [-0.05, 0) is 19.4 Å². The van der Waals surface area contributed by atoms with Crippen LogP contribution in [0.5, 0.6) is 0 Å². The molecule has 0 unspecified atom stereocenters. The van der Waals surface area contributed by atoms with E-state index in [1.54, 1.807) is 50.2 Å². The zero-order valence-corrected chi connectivity index (χ0v) is 15.3. The van der Waals surface area contributed by atoms with Crippen molar-refractivity contribution in [3.8, 4) is 0 Å². The van der Waals surface area contributed by atoms with Gasteiger partial charge in [0.15, 0.2) is 6.29 Å². The molecule has 0 N–H and O–H groups in total. The molecule has 6 heteroatoms. The molecule has 142 valence electrons. The molecule has 0 saturated carbocycles. The van der Waals surface area contributed by atoms with E-state index in [-0.39, 0.29) is 13.2 Å². The van der Waals surface area contributed by atoms with Gasteiger partial charge in [-0.15, -0.1) is 0 Å². The summed E-state index contributed by atoms with van der Waals surface area (Å²) in [7, 11) is 0. The predicted molar refractivity (Wildman–Crippen MR) is 96.5 cm³/mol. The maximum atomic E-state index is 12.9. The number of benzene rings is 2. The Morgan fingerprint density at radius 3 is 1.81 bits per heavy atom. The Kier molecular flexibility index (Phi) is 5.88. The van der Waals surface area contributed by atoms with Crippen molar-refractivity contribution < 1.29 is 28.5 Å². The van der Waals surface area contributed by atoms with Gasteiger partial charge < -0.3 is 18.9 Å². The van der Waals surface area contributed by atoms with Gasteiger partial charge in [0.05, 0.1) is 13.2 Å². The first kappa shape index (κ1) is 19.1. The van der Waals surface area contributed by atoms with Gasteiger partial charge >= 0.3 is 11.9 Å². The molecule has 6 nitrogen and oxygen atoms in total. The van der Waals surface area contributed by atoms with Crippen LogP contribution in [0.2, 0.25) is 0 Å². The number of ether oxygens (including phenoxy) is 4. The Balaban J connectivity index is 2.09. The highest BCUT2D eigenvalue weighted by Crippen LogP contribution is 2.48. The Labute approximate surface area is 158 Å². The molecule has 2 aromatic rings. The third-order valence-electron chi connectivity index (χ3n) is 4.25. The van der Waals surface area contributed by atoms with Gasteiger partial charge in [0.2, 0.25) is 0 Å². The van der Waals surface area contributed by atoms with Crippen LogP contribution >= 0.6 is 0 Å². The average molecular weight is 370 g/mol. The van der Waals surface area contributed by atoms with Crippen molar-refractivity contribution >= 4 is 11.9 Å². The first-order valence-electron chi connectivity index (χ1n) is 8.91. The highest BCUT2D eigenvalue weighted by atomic mass is 16.8. The van der Waals surface area contributed by atoms with Gasteiger partial charge in [-0.2, -0.15) is 0 Å². The fourth-order valence-corrected chi connectivity index (χ4v) is 3.05. The first-order chi connectivity index (χ1) is 13.1. The third kappa shape index (κ3) is 3.59. The summed E-state index contributed by atoms with van der Waals surface area (Å²) in [6.07, 6.45) is -1.91. The van der Waals surface area contributed by atoms with E-state index in [1.165, 1.54) is 0 Å². The third-order valence-corrected chi connectivity index (χ3v) is 4.25. The van der Waals surface area contributed by atoms with Crippen LogP contribution in [-0.4, -0.2) is 30.8 Å². The number of hydrogen-bond donors (Lipinski definition) is 0. The molecular weight excluding hydrogens is 348 g/mol. The summed E-state index contributed by atoms with van der Waals surface area (Å²) in [6, 6.07) is 18.1. The first-order valence-corrected chi connectivity index (χ1v) is 8.91. The Hall–Kier alpha value is -2.70. The lowest BCUT2D eigenvalue weighted by molar-refractivity contribution is -0.191. The molecule has 0 aliphatic carbocycles. The monoisotopic (exact) mass is 370 g/mol. The maximum Gasteiger partial charge on any atom is 0.353 e. The Morgan fingerprint density at radius 2 is 1.33 bits per heavy atom. The van der Waals surface area contributed by atoms with Crippen molar-refractivity contribution in [2.75, 3.05) is 13.2 Å². The normalized spacial score (nSPS) is 20.8. The molecule has 0 bridgehead atoms. The summed E-state index contributed by atoms with van der Waals surface area (Å²) in [5, 5.41) is 0. The van der Waals surface area contributed by atoms with E-state index < -0.39 is 29.9 Å². The minimum atomic E-state index is -2.03. The quantitative estimate of drug-likeness (QED) is 0.574. The van der Waals surface area contributed by atoms with Gasteiger partial charge in [0.1, 0.15) is 6.10 Å². The van der Waals surface area contributed by atoms with Crippen LogP contribution < -0.4 is 0 Å². The molecule has 2 aromatic carbocycles.